The third-order valence-electron chi connectivity index (χ3n) is 0. The Morgan fingerprint density at radius 3 is 0.900 bits per heavy atom. The molecule has 1 N–H and O–H groups in total. The van der Waals surface area contributed by atoms with Crippen LogP contribution in [0.5, 0.6) is 0 Å². The second-order valence-electron chi connectivity index (χ2n) is 0.238. The molecule has 0 aromatic heterocycles. The molecular weight excluding hydrogens is 205 g/mol. The quantitative estimate of drug-likeness (QED) is 0.405. The second kappa shape index (κ2) is 36.7. The second-order valence-corrected chi connectivity index (χ2v) is 0.981. The third kappa shape index (κ3) is 71.2. The van der Waals surface area contributed by atoms with Crippen LogP contribution in [0.25, 0.3) is 0 Å². The molecule has 3 nitrogen and oxygen atoms in total. The van der Waals surface area contributed by atoms with Crippen molar-refractivity contribution in [2.75, 3.05) is 0 Å². The van der Waals surface area contributed by atoms with E-state index in [0.29, 0.717) is 0 Å². The van der Waals surface area contributed by atoms with Crippen LogP contribution in [-0.2, 0) is 22.7 Å². The van der Waals surface area contributed by atoms with Gasteiger partial charge in [-0.1, -0.05) is 0 Å². The average Bonchev–Trinajstić information content (AvgIpc) is 0.811. The Hall–Kier alpha value is 5.34. The molecule has 0 rings (SSSR count). The van der Waals surface area contributed by atoms with E-state index in [1.54, 1.807) is 0 Å². The molecule has 0 aliphatic carbocycles. The Morgan fingerprint density at radius 1 is 0.900 bits per heavy atom. The summed E-state index contributed by atoms with van der Waals surface area (Å²) in [7, 11) is 0. The molecule has 0 spiro atoms. The van der Waals surface area contributed by atoms with Gasteiger partial charge in [0, 0.05) is 0 Å². The fourth-order valence-corrected chi connectivity index (χ4v) is 0. The molecule has 0 aliphatic rings. The van der Waals surface area contributed by atoms with Gasteiger partial charge < -0.3 is 8.56 Å². The van der Waals surface area contributed by atoms with Crippen molar-refractivity contribution in [2.24, 2.45) is 0 Å². The zero-order chi connectivity index (χ0) is 3.58. The first kappa shape index (κ1) is 45.4. The van der Waals surface area contributed by atoms with Gasteiger partial charge in [0.15, 0.2) is 0 Å². The molecule has 0 saturated heterocycles. The summed E-state index contributed by atoms with van der Waals surface area (Å²) in [5.74, 6) is 0. The first-order valence-corrected chi connectivity index (χ1v) is 2.33. The zero-order valence-corrected chi connectivity index (χ0v) is 17.1. The summed E-state index contributed by atoms with van der Waals surface area (Å²) in [6, 6.07) is 0. The Kier molecular flexibility index (Phi) is 166. The van der Waals surface area contributed by atoms with E-state index in [-0.39, 0.29) is 165 Å². The molecular formula is H7Li2Na4O3V. The Bertz CT molecular complexity index is 82.2. The summed E-state index contributed by atoms with van der Waals surface area (Å²) >= 11 is -3.69. The van der Waals surface area contributed by atoms with Crippen LogP contribution in [-0.4, -0.2) is 4.03 Å². The van der Waals surface area contributed by atoms with E-state index in [4.69, 9.17) is 11.4 Å². The van der Waals surface area contributed by atoms with Gasteiger partial charge in [-0.15, -0.1) is 0 Å². The van der Waals surface area contributed by atoms with Crippen molar-refractivity contribution < 1.29 is 191 Å². The maximum absolute atomic E-state index is 8.67. The van der Waals surface area contributed by atoms with Gasteiger partial charge in [-0.25, -0.2) is 0 Å². The standard InChI is InChI=1S/2Li.4Na.H2O.2O.V.6H/h;;;;;;1H2;;;;;;;;;/q6*+1;;;;+1;6*-1/p-1. The number of rotatable bonds is 0. The minimum absolute atomic E-state index is 0. The average molecular weight is 212 g/mol. The van der Waals surface area contributed by atoms with Gasteiger partial charge in [-0.2, -0.15) is 0 Å². The molecule has 10 heteroatoms. The van der Waals surface area contributed by atoms with Crippen LogP contribution in [0.1, 0.15) is 8.56 Å². The Labute approximate surface area is 187 Å². The van der Waals surface area contributed by atoms with Gasteiger partial charge in [0.2, 0.25) is 0 Å². The monoisotopic (exact) mass is 212 g/mol. The van der Waals surface area contributed by atoms with Crippen LogP contribution in [0.3, 0.4) is 0 Å². The third-order valence-corrected chi connectivity index (χ3v) is 0. The first-order chi connectivity index (χ1) is 1.73. The number of hydrogen-bond acceptors (Lipinski definition) is 2. The molecule has 0 saturated carbocycles. The van der Waals surface area contributed by atoms with Crippen LogP contribution in [0.15, 0.2) is 0 Å². The molecule has 0 aromatic carbocycles. The summed E-state index contributed by atoms with van der Waals surface area (Å²) in [4.78, 5) is 0. The first-order valence-electron chi connectivity index (χ1n) is 0.565. The van der Waals surface area contributed by atoms with Crippen molar-refractivity contribution in [1.29, 1.82) is 0 Å². The maximum atomic E-state index is 8.67. The summed E-state index contributed by atoms with van der Waals surface area (Å²) in [5, 5.41) is 0. The van der Waals surface area contributed by atoms with E-state index < -0.39 is 15.4 Å². The van der Waals surface area contributed by atoms with Crippen molar-refractivity contribution in [2.45, 2.75) is 0 Å². The summed E-state index contributed by atoms with van der Waals surface area (Å²) in [6.45, 7) is 0. The molecule has 0 fully saturated rings. The van der Waals surface area contributed by atoms with Crippen molar-refractivity contribution in [1.82, 2.24) is 0 Å². The minimum atomic E-state index is -3.69. The van der Waals surface area contributed by atoms with Gasteiger partial charge in [0.25, 0.3) is 0 Å². The van der Waals surface area contributed by atoms with Crippen molar-refractivity contribution in [3.63, 3.8) is 0 Å². The predicted octanol–water partition coefficient (Wildman–Crippen LogP) is -18.1. The molecule has 0 heterocycles. The summed E-state index contributed by atoms with van der Waals surface area (Å²) in [6.07, 6.45) is 0. The predicted molar refractivity (Wildman–Crippen MR) is 10.3 cm³/mol. The van der Waals surface area contributed by atoms with Crippen LogP contribution >= 0.6 is 0 Å². The fraction of sp³-hybridized carbons (Fsp3) is 0. The van der Waals surface area contributed by atoms with E-state index >= 15 is 0 Å². The van der Waals surface area contributed by atoms with Crippen LogP contribution in [0.2, 0.25) is 0 Å². The van der Waals surface area contributed by atoms with Crippen LogP contribution in [0, 0.1) is 0 Å². The van der Waals surface area contributed by atoms with Gasteiger partial charge >= 0.3 is 183 Å². The zero-order valence-electron chi connectivity index (χ0n) is 13.7. The van der Waals surface area contributed by atoms with Gasteiger partial charge in [0.1, 0.15) is 0 Å². The normalized spacial score (nSPS) is 2.50. The molecule has 0 unspecified atom stereocenters. The van der Waals surface area contributed by atoms with Crippen LogP contribution in [0.4, 0.5) is 0 Å². The van der Waals surface area contributed by atoms with Gasteiger partial charge in [-0.3, -0.25) is 0 Å². The van der Waals surface area contributed by atoms with E-state index in [1.165, 1.54) is 0 Å². The van der Waals surface area contributed by atoms with Gasteiger partial charge in [-0.05, 0) is 0 Å². The molecule has 0 atom stereocenters. The fourth-order valence-electron chi connectivity index (χ4n) is 0. The summed E-state index contributed by atoms with van der Waals surface area (Å²) in [5.41, 5.74) is 0. The van der Waals surface area contributed by atoms with E-state index in [2.05, 4.69) is 0 Å². The Balaban J connectivity index is -0.000000000682. The molecule has 0 bridgehead atoms. The van der Waals surface area contributed by atoms with E-state index in [1.807, 2.05) is 0 Å². The molecule has 10 heavy (non-hydrogen) atoms. The molecule has 36 valence electrons. The van der Waals surface area contributed by atoms with Crippen LogP contribution < -0.4 is 156 Å². The SMILES string of the molecule is [H-].[H-].[H-].[H-].[H-].[H-].[Li+].[Li+].[Na+].[Na+].[Na+].[Na+].[O]=[V](=[O])[OH]. The Morgan fingerprint density at radius 2 is 0.900 bits per heavy atom. The molecule has 0 radical (unpaired) electrons. The van der Waals surface area contributed by atoms with Crippen molar-refractivity contribution in [3.05, 3.63) is 0 Å². The molecule has 0 aliphatic heterocycles. The van der Waals surface area contributed by atoms with Crippen molar-refractivity contribution in [3.8, 4) is 0 Å². The van der Waals surface area contributed by atoms with E-state index in [9.17, 15) is 0 Å². The topological polar surface area (TPSA) is 54.4 Å². The molecule has 0 aromatic rings. The van der Waals surface area contributed by atoms with Gasteiger partial charge in [0.05, 0.1) is 0 Å². The number of hydrogen-bond donors (Lipinski definition) is 1. The van der Waals surface area contributed by atoms with E-state index in [0.717, 1.165) is 0 Å². The molecule has 0 amide bonds. The summed E-state index contributed by atoms with van der Waals surface area (Å²) < 4.78 is 24.4. The van der Waals surface area contributed by atoms with Crippen molar-refractivity contribution >= 4 is 0 Å².